The number of hydrogen-bond acceptors (Lipinski definition) is 2. The van der Waals surface area contributed by atoms with E-state index in [1.807, 2.05) is 0 Å². The topological polar surface area (TPSA) is 49.3 Å². The Morgan fingerprint density at radius 2 is 1.95 bits per heavy atom. The fourth-order valence-electron chi connectivity index (χ4n) is 3.18. The maximum Gasteiger partial charge on any atom is 0.220 e. The van der Waals surface area contributed by atoms with E-state index in [2.05, 4.69) is 33.0 Å². The molecular weight excluding hydrogens is 238 g/mol. The highest BCUT2D eigenvalue weighted by atomic mass is 16.3. The lowest BCUT2D eigenvalue weighted by molar-refractivity contribution is -0.122. The molecule has 0 aromatic rings. The summed E-state index contributed by atoms with van der Waals surface area (Å²) in [5.74, 6) is 0.807. The van der Waals surface area contributed by atoms with E-state index in [4.69, 9.17) is 0 Å². The van der Waals surface area contributed by atoms with Crippen LogP contribution < -0.4 is 5.32 Å². The van der Waals surface area contributed by atoms with Crippen molar-refractivity contribution in [2.24, 2.45) is 17.3 Å². The zero-order valence-electron chi connectivity index (χ0n) is 13.0. The van der Waals surface area contributed by atoms with Crippen LogP contribution in [0.25, 0.3) is 0 Å². The summed E-state index contributed by atoms with van der Waals surface area (Å²) < 4.78 is 0. The van der Waals surface area contributed by atoms with E-state index in [0.717, 1.165) is 25.7 Å². The minimum Gasteiger partial charge on any atom is -0.393 e. The number of rotatable bonds is 5. The predicted molar refractivity (Wildman–Crippen MR) is 78.8 cm³/mol. The molecule has 112 valence electrons. The van der Waals surface area contributed by atoms with Crippen molar-refractivity contribution in [3.8, 4) is 0 Å². The van der Waals surface area contributed by atoms with Crippen molar-refractivity contribution in [3.63, 3.8) is 0 Å². The molecule has 0 radical (unpaired) electrons. The fraction of sp³-hybridized carbons (Fsp3) is 0.938. The largest absolute Gasteiger partial charge is 0.393 e. The number of hydrogen-bond donors (Lipinski definition) is 2. The van der Waals surface area contributed by atoms with Crippen molar-refractivity contribution < 1.29 is 9.90 Å². The second-order valence-electron chi connectivity index (χ2n) is 7.49. The molecule has 1 rings (SSSR count). The maximum absolute atomic E-state index is 11.9. The number of amides is 1. The maximum atomic E-state index is 11.9. The minimum atomic E-state index is -0.221. The van der Waals surface area contributed by atoms with Crippen LogP contribution in [0.2, 0.25) is 0 Å². The Morgan fingerprint density at radius 3 is 2.53 bits per heavy atom. The van der Waals surface area contributed by atoms with Crippen molar-refractivity contribution in [2.45, 2.75) is 72.3 Å². The Balaban J connectivity index is 2.23. The predicted octanol–water partition coefficient (Wildman–Crippen LogP) is 3.12. The van der Waals surface area contributed by atoms with Crippen LogP contribution in [-0.4, -0.2) is 23.7 Å². The first-order valence-electron chi connectivity index (χ1n) is 7.72. The summed E-state index contributed by atoms with van der Waals surface area (Å²) in [5, 5.41) is 12.9. The van der Waals surface area contributed by atoms with Gasteiger partial charge in [-0.2, -0.15) is 0 Å². The van der Waals surface area contributed by atoms with Gasteiger partial charge >= 0.3 is 0 Å². The van der Waals surface area contributed by atoms with Gasteiger partial charge in [-0.15, -0.1) is 0 Å². The van der Waals surface area contributed by atoms with Gasteiger partial charge in [-0.1, -0.05) is 40.5 Å². The first-order valence-corrected chi connectivity index (χ1v) is 7.72. The van der Waals surface area contributed by atoms with Crippen LogP contribution in [0.15, 0.2) is 0 Å². The third-order valence-corrected chi connectivity index (χ3v) is 3.93. The summed E-state index contributed by atoms with van der Waals surface area (Å²) >= 11 is 0. The van der Waals surface area contributed by atoms with E-state index in [1.165, 1.54) is 6.42 Å². The van der Waals surface area contributed by atoms with E-state index >= 15 is 0 Å². The molecule has 1 saturated carbocycles. The highest BCUT2D eigenvalue weighted by molar-refractivity contribution is 5.76. The molecular formula is C16H31NO2. The third kappa shape index (κ3) is 6.95. The number of carbonyl (C=O) groups excluding carboxylic acids is 1. The molecule has 1 amide bonds. The molecule has 0 heterocycles. The number of aliphatic hydroxyl groups excluding tert-OH is 1. The van der Waals surface area contributed by atoms with Crippen molar-refractivity contribution in [2.75, 3.05) is 6.54 Å². The van der Waals surface area contributed by atoms with Crippen molar-refractivity contribution >= 4 is 5.91 Å². The molecule has 3 atom stereocenters. The van der Waals surface area contributed by atoms with Gasteiger partial charge in [0, 0.05) is 18.9 Å². The first-order chi connectivity index (χ1) is 8.78. The standard InChI is InChI=1S/C16H31NO2/c1-12(10-16(2,3)4)9-15(19)17-11-13-7-5-6-8-14(13)18/h12-14,18H,5-11H2,1-4H3,(H,17,19). The number of nitrogens with one attached hydrogen (secondary N) is 1. The van der Waals surface area contributed by atoms with Crippen molar-refractivity contribution in [1.29, 1.82) is 0 Å². The molecule has 0 spiro atoms. The molecule has 0 aromatic heterocycles. The fourth-order valence-corrected chi connectivity index (χ4v) is 3.18. The van der Waals surface area contributed by atoms with Gasteiger partial charge in [0.1, 0.15) is 0 Å². The van der Waals surface area contributed by atoms with Crippen LogP contribution in [0.3, 0.4) is 0 Å². The van der Waals surface area contributed by atoms with Gasteiger partial charge in [-0.05, 0) is 30.6 Å². The molecule has 3 heteroatoms. The van der Waals surface area contributed by atoms with Crippen molar-refractivity contribution in [1.82, 2.24) is 5.32 Å². The molecule has 0 aromatic carbocycles. The summed E-state index contributed by atoms with van der Waals surface area (Å²) in [6.07, 6.45) is 5.67. The third-order valence-electron chi connectivity index (χ3n) is 3.93. The summed E-state index contributed by atoms with van der Waals surface area (Å²) in [6.45, 7) is 9.40. The normalized spacial score (nSPS) is 25.9. The smallest absolute Gasteiger partial charge is 0.220 e. The molecule has 19 heavy (non-hydrogen) atoms. The SMILES string of the molecule is CC(CC(=O)NCC1CCCCC1O)CC(C)(C)C. The first kappa shape index (κ1) is 16.5. The Kier molecular flexibility index (Phi) is 6.31. The van der Waals surface area contributed by atoms with Gasteiger partial charge in [0.2, 0.25) is 5.91 Å². The summed E-state index contributed by atoms with van der Waals surface area (Å²) in [6, 6.07) is 0. The molecule has 3 unspecified atom stereocenters. The van der Waals surface area contributed by atoms with Crippen LogP contribution in [-0.2, 0) is 4.79 Å². The van der Waals surface area contributed by atoms with Crippen LogP contribution in [0.5, 0.6) is 0 Å². The zero-order chi connectivity index (χ0) is 14.5. The average molecular weight is 269 g/mol. The lowest BCUT2D eigenvalue weighted by atomic mass is 9.84. The van der Waals surface area contributed by atoms with Gasteiger partial charge in [0.25, 0.3) is 0 Å². The van der Waals surface area contributed by atoms with Gasteiger partial charge in [-0.3, -0.25) is 4.79 Å². The lowest BCUT2D eigenvalue weighted by Crippen LogP contribution is -2.37. The van der Waals surface area contributed by atoms with Gasteiger partial charge < -0.3 is 10.4 Å². The van der Waals surface area contributed by atoms with Gasteiger partial charge in [-0.25, -0.2) is 0 Å². The average Bonchev–Trinajstić information content (AvgIpc) is 2.25. The molecule has 0 bridgehead atoms. The summed E-state index contributed by atoms with van der Waals surface area (Å²) in [7, 11) is 0. The molecule has 1 fully saturated rings. The molecule has 0 saturated heterocycles. The summed E-state index contributed by atoms with van der Waals surface area (Å²) in [5.41, 5.74) is 0.277. The Hall–Kier alpha value is -0.570. The minimum absolute atomic E-state index is 0.134. The highest BCUT2D eigenvalue weighted by Crippen LogP contribution is 2.26. The zero-order valence-corrected chi connectivity index (χ0v) is 13.0. The quantitative estimate of drug-likeness (QED) is 0.805. The molecule has 1 aliphatic carbocycles. The van der Waals surface area contributed by atoms with Gasteiger partial charge in [0.15, 0.2) is 0 Å². The van der Waals surface area contributed by atoms with E-state index in [0.29, 0.717) is 18.9 Å². The Labute approximate surface area is 118 Å². The van der Waals surface area contributed by atoms with Gasteiger partial charge in [0.05, 0.1) is 6.10 Å². The van der Waals surface area contributed by atoms with Crippen LogP contribution >= 0.6 is 0 Å². The second kappa shape index (κ2) is 7.28. The molecule has 2 N–H and O–H groups in total. The second-order valence-corrected chi connectivity index (χ2v) is 7.49. The van der Waals surface area contributed by atoms with E-state index in [1.54, 1.807) is 0 Å². The molecule has 3 nitrogen and oxygen atoms in total. The molecule has 1 aliphatic rings. The molecule has 0 aliphatic heterocycles. The van der Waals surface area contributed by atoms with E-state index in [-0.39, 0.29) is 23.3 Å². The highest BCUT2D eigenvalue weighted by Gasteiger charge is 2.24. The van der Waals surface area contributed by atoms with Crippen LogP contribution in [0.4, 0.5) is 0 Å². The number of aliphatic hydroxyl groups is 1. The Bertz CT molecular complexity index is 283. The summed E-state index contributed by atoms with van der Waals surface area (Å²) in [4.78, 5) is 11.9. The van der Waals surface area contributed by atoms with Crippen LogP contribution in [0.1, 0.15) is 66.2 Å². The van der Waals surface area contributed by atoms with E-state index < -0.39 is 0 Å². The Morgan fingerprint density at radius 1 is 1.32 bits per heavy atom. The van der Waals surface area contributed by atoms with Crippen molar-refractivity contribution in [3.05, 3.63) is 0 Å². The van der Waals surface area contributed by atoms with E-state index in [9.17, 15) is 9.90 Å². The monoisotopic (exact) mass is 269 g/mol. The number of carbonyl (C=O) groups is 1. The lowest BCUT2D eigenvalue weighted by Gasteiger charge is -2.28. The van der Waals surface area contributed by atoms with Crippen LogP contribution in [0, 0.1) is 17.3 Å².